The van der Waals surface area contributed by atoms with Gasteiger partial charge in [0.1, 0.15) is 5.76 Å². The number of carbonyl (C=O) groups excluding carboxylic acids is 2. The maximum absolute atomic E-state index is 12.4. The maximum atomic E-state index is 12.4. The smallest absolute Gasteiger partial charge is 0.222 e. The number of carbonyl (C=O) groups is 2. The van der Waals surface area contributed by atoms with Gasteiger partial charge in [-0.25, -0.2) is 0 Å². The lowest BCUT2D eigenvalue weighted by molar-refractivity contribution is -0.132. The fourth-order valence-corrected chi connectivity index (χ4v) is 3.12. The highest BCUT2D eigenvalue weighted by Gasteiger charge is 2.23. The predicted molar refractivity (Wildman–Crippen MR) is 90.4 cm³/mol. The van der Waals surface area contributed by atoms with Crippen LogP contribution in [0.2, 0.25) is 0 Å². The normalized spacial score (nSPS) is 15.5. The largest absolute Gasteiger partial charge is 0.461 e. The van der Waals surface area contributed by atoms with Crippen molar-refractivity contribution in [3.05, 3.63) is 41.2 Å². The molecule has 2 aromatic heterocycles. The van der Waals surface area contributed by atoms with Crippen LogP contribution < -0.4 is 0 Å². The average molecular weight is 345 g/mol. The second-order valence-corrected chi connectivity index (χ2v) is 6.36. The van der Waals surface area contributed by atoms with Crippen LogP contribution in [0.4, 0.5) is 0 Å². The first-order chi connectivity index (χ1) is 12.0. The van der Waals surface area contributed by atoms with Gasteiger partial charge < -0.3 is 13.8 Å². The van der Waals surface area contributed by atoms with E-state index in [0.717, 1.165) is 17.0 Å². The van der Waals surface area contributed by atoms with E-state index >= 15 is 0 Å². The average Bonchev–Trinajstić information content (AvgIpc) is 3.24. The summed E-state index contributed by atoms with van der Waals surface area (Å²) in [5, 5.41) is 3.92. The van der Waals surface area contributed by atoms with E-state index in [2.05, 4.69) is 10.1 Å². The molecule has 7 nitrogen and oxygen atoms in total. The first-order valence-corrected chi connectivity index (χ1v) is 8.53. The van der Waals surface area contributed by atoms with E-state index in [1.807, 2.05) is 18.7 Å². The Kier molecular flexibility index (Phi) is 5.33. The molecule has 0 aromatic carbocycles. The molecule has 1 fully saturated rings. The number of aryl methyl sites for hydroxylation is 2. The molecular formula is C18H23N3O4. The molecule has 1 saturated heterocycles. The van der Waals surface area contributed by atoms with Crippen LogP contribution in [0.15, 0.2) is 27.3 Å². The molecule has 134 valence electrons. The van der Waals surface area contributed by atoms with Crippen LogP contribution in [0.5, 0.6) is 0 Å². The molecule has 0 radical (unpaired) electrons. The molecule has 7 heteroatoms. The molecule has 0 N–H and O–H groups in total. The van der Waals surface area contributed by atoms with Gasteiger partial charge in [0.25, 0.3) is 0 Å². The van der Waals surface area contributed by atoms with E-state index in [4.69, 9.17) is 8.94 Å². The lowest BCUT2D eigenvalue weighted by atomic mass is 10.1. The number of amides is 1. The van der Waals surface area contributed by atoms with Crippen molar-refractivity contribution < 1.29 is 18.5 Å². The molecule has 2 aromatic rings. The van der Waals surface area contributed by atoms with Gasteiger partial charge in [0.2, 0.25) is 11.7 Å². The molecule has 1 aliphatic rings. The van der Waals surface area contributed by atoms with Crippen LogP contribution in [0, 0.1) is 13.8 Å². The zero-order valence-corrected chi connectivity index (χ0v) is 14.7. The van der Waals surface area contributed by atoms with Crippen molar-refractivity contribution in [1.29, 1.82) is 0 Å². The van der Waals surface area contributed by atoms with Gasteiger partial charge in [0, 0.05) is 38.2 Å². The Morgan fingerprint density at radius 2 is 1.96 bits per heavy atom. The van der Waals surface area contributed by atoms with E-state index in [1.54, 1.807) is 12.1 Å². The second kappa shape index (κ2) is 7.65. The minimum absolute atomic E-state index is 0.0248. The quantitative estimate of drug-likeness (QED) is 0.743. The lowest BCUT2D eigenvalue weighted by Crippen LogP contribution is -2.49. The van der Waals surface area contributed by atoms with Gasteiger partial charge in [-0.05, 0) is 32.4 Å². The third-order valence-electron chi connectivity index (χ3n) is 4.66. The number of piperazine rings is 1. The summed E-state index contributed by atoms with van der Waals surface area (Å²) in [5.74, 6) is 1.28. The molecule has 1 aliphatic heterocycles. The number of furan rings is 1. The number of ketones is 1. The van der Waals surface area contributed by atoms with Gasteiger partial charge in [-0.3, -0.25) is 14.5 Å². The van der Waals surface area contributed by atoms with Gasteiger partial charge in [-0.1, -0.05) is 5.16 Å². The number of hydrogen-bond donors (Lipinski definition) is 0. The number of rotatable bonds is 6. The SMILES string of the molecule is Cc1noc(C)c1CCC(=O)N1CCN(CC(=O)c2ccco2)CC1. The van der Waals surface area contributed by atoms with E-state index in [-0.39, 0.29) is 11.7 Å². The van der Waals surface area contributed by atoms with Gasteiger partial charge in [0.05, 0.1) is 18.5 Å². The Hall–Kier alpha value is -2.41. The molecule has 0 bridgehead atoms. The maximum Gasteiger partial charge on any atom is 0.222 e. The van der Waals surface area contributed by atoms with Crippen LogP contribution in [0.25, 0.3) is 0 Å². The highest BCUT2D eigenvalue weighted by Crippen LogP contribution is 2.15. The molecule has 0 saturated carbocycles. The topological polar surface area (TPSA) is 79.8 Å². The molecule has 0 spiro atoms. The summed E-state index contributed by atoms with van der Waals surface area (Å²) in [7, 11) is 0. The van der Waals surface area contributed by atoms with Crippen molar-refractivity contribution >= 4 is 11.7 Å². The molecule has 0 unspecified atom stereocenters. The molecule has 0 atom stereocenters. The zero-order chi connectivity index (χ0) is 17.8. The summed E-state index contributed by atoms with van der Waals surface area (Å²) < 4.78 is 10.3. The minimum atomic E-state index is -0.0248. The Labute approximate surface area is 146 Å². The van der Waals surface area contributed by atoms with Crippen LogP contribution in [-0.2, 0) is 11.2 Å². The Morgan fingerprint density at radius 1 is 1.20 bits per heavy atom. The third-order valence-corrected chi connectivity index (χ3v) is 4.66. The summed E-state index contributed by atoms with van der Waals surface area (Å²) >= 11 is 0. The standard InChI is InChI=1S/C18H23N3O4/c1-13-15(14(2)25-19-13)5-6-18(23)21-9-7-20(8-10-21)12-16(22)17-4-3-11-24-17/h3-4,11H,5-10,12H2,1-2H3. The van der Waals surface area contributed by atoms with Crippen molar-refractivity contribution in [1.82, 2.24) is 15.0 Å². The molecule has 1 amide bonds. The van der Waals surface area contributed by atoms with Crippen LogP contribution >= 0.6 is 0 Å². The fraction of sp³-hybridized carbons (Fsp3) is 0.500. The Morgan fingerprint density at radius 3 is 2.56 bits per heavy atom. The lowest BCUT2D eigenvalue weighted by Gasteiger charge is -2.34. The van der Waals surface area contributed by atoms with Crippen molar-refractivity contribution in [2.45, 2.75) is 26.7 Å². The van der Waals surface area contributed by atoms with Gasteiger partial charge in [0.15, 0.2) is 5.76 Å². The van der Waals surface area contributed by atoms with Crippen molar-refractivity contribution in [3.8, 4) is 0 Å². The number of hydrogen-bond acceptors (Lipinski definition) is 6. The monoisotopic (exact) mass is 345 g/mol. The first kappa shape index (κ1) is 17.4. The van der Waals surface area contributed by atoms with Crippen molar-refractivity contribution in [3.63, 3.8) is 0 Å². The third kappa shape index (κ3) is 4.17. The molecular weight excluding hydrogens is 322 g/mol. The molecule has 0 aliphatic carbocycles. The van der Waals surface area contributed by atoms with Crippen LogP contribution in [0.1, 0.15) is 34.0 Å². The van der Waals surface area contributed by atoms with Crippen LogP contribution in [0.3, 0.4) is 0 Å². The summed E-state index contributed by atoms with van der Waals surface area (Å²) in [6.45, 7) is 6.78. The van der Waals surface area contributed by atoms with Crippen LogP contribution in [-0.4, -0.2) is 59.4 Å². The summed E-state index contributed by atoms with van der Waals surface area (Å²) in [6, 6.07) is 3.39. The number of aromatic nitrogens is 1. The predicted octanol–water partition coefficient (Wildman–Crippen LogP) is 1.84. The number of Topliss-reactive ketones (excluding diaryl/α,β-unsaturated/α-hetero) is 1. The highest BCUT2D eigenvalue weighted by molar-refractivity contribution is 5.95. The van der Waals surface area contributed by atoms with Gasteiger partial charge in [-0.15, -0.1) is 0 Å². The summed E-state index contributed by atoms with van der Waals surface area (Å²) in [5.41, 5.74) is 1.88. The first-order valence-electron chi connectivity index (χ1n) is 8.53. The Balaban J connectivity index is 1.44. The van der Waals surface area contributed by atoms with E-state index in [0.29, 0.717) is 51.3 Å². The summed E-state index contributed by atoms with van der Waals surface area (Å²) in [4.78, 5) is 28.4. The fourth-order valence-electron chi connectivity index (χ4n) is 3.12. The van der Waals surface area contributed by atoms with Crippen molar-refractivity contribution in [2.24, 2.45) is 0 Å². The highest BCUT2D eigenvalue weighted by atomic mass is 16.5. The zero-order valence-electron chi connectivity index (χ0n) is 14.7. The Bertz CT molecular complexity index is 708. The van der Waals surface area contributed by atoms with E-state index < -0.39 is 0 Å². The van der Waals surface area contributed by atoms with Gasteiger partial charge >= 0.3 is 0 Å². The van der Waals surface area contributed by atoms with Crippen molar-refractivity contribution in [2.75, 3.05) is 32.7 Å². The summed E-state index contributed by atoms with van der Waals surface area (Å²) in [6.07, 6.45) is 2.61. The number of nitrogens with zero attached hydrogens (tertiary/aromatic N) is 3. The minimum Gasteiger partial charge on any atom is -0.461 e. The van der Waals surface area contributed by atoms with Gasteiger partial charge in [-0.2, -0.15) is 0 Å². The molecule has 3 rings (SSSR count). The van der Waals surface area contributed by atoms with E-state index in [1.165, 1.54) is 6.26 Å². The van der Waals surface area contributed by atoms with E-state index in [9.17, 15) is 9.59 Å². The molecule has 3 heterocycles. The second-order valence-electron chi connectivity index (χ2n) is 6.36. The molecule has 25 heavy (non-hydrogen) atoms.